The van der Waals surface area contributed by atoms with Crippen molar-refractivity contribution in [3.05, 3.63) is 24.0 Å². The molecule has 1 saturated heterocycles. The van der Waals surface area contributed by atoms with Crippen LogP contribution in [0.5, 0.6) is 0 Å². The summed E-state index contributed by atoms with van der Waals surface area (Å²) in [6.45, 7) is 7.99. The molecule has 0 radical (unpaired) electrons. The largest absolute Gasteiger partial charge is 0.374 e. The van der Waals surface area contributed by atoms with Crippen molar-refractivity contribution in [3.63, 3.8) is 0 Å². The quantitative estimate of drug-likeness (QED) is 0.826. The van der Waals surface area contributed by atoms with Crippen LogP contribution in [0.3, 0.4) is 0 Å². The molecule has 0 aliphatic carbocycles. The number of likely N-dealkylation sites (N-methyl/N-ethyl adjacent to an activating group) is 1. The third-order valence-corrected chi connectivity index (χ3v) is 3.22. The maximum atomic E-state index is 5.70. The molecule has 1 aliphatic heterocycles. The van der Waals surface area contributed by atoms with Crippen molar-refractivity contribution in [1.29, 1.82) is 0 Å². The number of aryl methyl sites for hydroxylation is 1. The van der Waals surface area contributed by atoms with E-state index in [-0.39, 0.29) is 0 Å². The molecule has 1 aromatic rings. The highest BCUT2D eigenvalue weighted by atomic mass is 16.5. The summed E-state index contributed by atoms with van der Waals surface area (Å²) < 4.78 is 7.90. The van der Waals surface area contributed by atoms with Crippen LogP contribution in [-0.4, -0.2) is 48.9 Å². The van der Waals surface area contributed by atoms with Crippen LogP contribution in [0.4, 0.5) is 0 Å². The van der Waals surface area contributed by atoms with E-state index in [0.29, 0.717) is 6.10 Å². The van der Waals surface area contributed by atoms with E-state index in [1.165, 1.54) is 5.56 Å². The lowest BCUT2D eigenvalue weighted by Crippen LogP contribution is -2.44. The van der Waals surface area contributed by atoms with E-state index >= 15 is 0 Å². The second-order valence-electron chi connectivity index (χ2n) is 4.74. The summed E-state index contributed by atoms with van der Waals surface area (Å²) in [5, 5.41) is 3.46. The zero-order chi connectivity index (χ0) is 12.1. The van der Waals surface area contributed by atoms with E-state index in [2.05, 4.69) is 47.2 Å². The Morgan fingerprint density at radius 1 is 1.53 bits per heavy atom. The van der Waals surface area contributed by atoms with Crippen LogP contribution in [0.2, 0.25) is 0 Å². The zero-order valence-electron chi connectivity index (χ0n) is 10.9. The first-order valence-electron chi connectivity index (χ1n) is 6.43. The van der Waals surface area contributed by atoms with Crippen LogP contribution in [0.25, 0.3) is 0 Å². The van der Waals surface area contributed by atoms with Crippen LogP contribution in [0.15, 0.2) is 18.5 Å². The van der Waals surface area contributed by atoms with Gasteiger partial charge in [0.2, 0.25) is 0 Å². The molecule has 4 nitrogen and oxygen atoms in total. The SMILES string of the molecule is CCn1ccc(CNC[C@H]2CN(C)CCO2)c1. The van der Waals surface area contributed by atoms with Crippen molar-refractivity contribution in [2.75, 3.05) is 33.3 Å². The predicted octanol–water partition coefficient (Wildman–Crippen LogP) is 0.928. The summed E-state index contributed by atoms with van der Waals surface area (Å²) in [7, 11) is 2.15. The molecule has 17 heavy (non-hydrogen) atoms. The van der Waals surface area contributed by atoms with Crippen molar-refractivity contribution in [2.45, 2.75) is 26.1 Å². The molecule has 0 unspecified atom stereocenters. The highest BCUT2D eigenvalue weighted by Gasteiger charge is 2.16. The van der Waals surface area contributed by atoms with E-state index in [9.17, 15) is 0 Å². The number of aromatic nitrogens is 1. The number of nitrogens with zero attached hydrogens (tertiary/aromatic N) is 2. The Morgan fingerprint density at radius 3 is 3.12 bits per heavy atom. The Balaban J connectivity index is 1.68. The summed E-state index contributed by atoms with van der Waals surface area (Å²) in [6.07, 6.45) is 4.66. The molecule has 1 fully saturated rings. The molecule has 1 N–H and O–H groups in total. The van der Waals surface area contributed by atoms with E-state index in [4.69, 9.17) is 4.74 Å². The van der Waals surface area contributed by atoms with Crippen molar-refractivity contribution in [3.8, 4) is 0 Å². The third kappa shape index (κ3) is 3.84. The Labute approximate surface area is 104 Å². The van der Waals surface area contributed by atoms with Gasteiger partial charge in [0.25, 0.3) is 0 Å². The van der Waals surface area contributed by atoms with E-state index in [1.54, 1.807) is 0 Å². The number of hydrogen-bond donors (Lipinski definition) is 1. The van der Waals surface area contributed by atoms with Gasteiger partial charge >= 0.3 is 0 Å². The lowest BCUT2D eigenvalue weighted by molar-refractivity contribution is -0.0182. The van der Waals surface area contributed by atoms with Gasteiger partial charge in [-0.05, 0) is 25.6 Å². The monoisotopic (exact) mass is 237 g/mol. The van der Waals surface area contributed by atoms with E-state index < -0.39 is 0 Å². The number of hydrogen-bond acceptors (Lipinski definition) is 3. The molecular weight excluding hydrogens is 214 g/mol. The second-order valence-corrected chi connectivity index (χ2v) is 4.74. The van der Waals surface area contributed by atoms with Gasteiger partial charge in [-0.25, -0.2) is 0 Å². The maximum absolute atomic E-state index is 5.70. The van der Waals surface area contributed by atoms with Gasteiger partial charge in [-0.15, -0.1) is 0 Å². The topological polar surface area (TPSA) is 29.4 Å². The number of nitrogens with one attached hydrogen (secondary N) is 1. The van der Waals surface area contributed by atoms with Gasteiger partial charge in [0.05, 0.1) is 12.7 Å². The average Bonchev–Trinajstić information content (AvgIpc) is 2.77. The molecule has 0 bridgehead atoms. The summed E-state index contributed by atoms with van der Waals surface area (Å²) >= 11 is 0. The first kappa shape index (κ1) is 12.6. The molecule has 2 heterocycles. The fourth-order valence-corrected chi connectivity index (χ4v) is 2.16. The van der Waals surface area contributed by atoms with Crippen LogP contribution < -0.4 is 5.32 Å². The Bertz CT molecular complexity index is 337. The fourth-order valence-electron chi connectivity index (χ4n) is 2.16. The molecule has 0 saturated carbocycles. The third-order valence-electron chi connectivity index (χ3n) is 3.22. The van der Waals surface area contributed by atoms with Gasteiger partial charge < -0.3 is 19.5 Å². The molecule has 1 aliphatic rings. The second kappa shape index (κ2) is 6.19. The zero-order valence-corrected chi connectivity index (χ0v) is 10.9. The average molecular weight is 237 g/mol. The molecule has 2 rings (SSSR count). The summed E-state index contributed by atoms with van der Waals surface area (Å²) in [4.78, 5) is 2.32. The van der Waals surface area contributed by atoms with Crippen molar-refractivity contribution < 1.29 is 4.74 Å². The minimum atomic E-state index is 0.335. The highest BCUT2D eigenvalue weighted by Crippen LogP contribution is 2.03. The summed E-state index contributed by atoms with van der Waals surface area (Å²) in [5.74, 6) is 0. The van der Waals surface area contributed by atoms with Gasteiger partial charge in [0.1, 0.15) is 0 Å². The smallest absolute Gasteiger partial charge is 0.0826 e. The van der Waals surface area contributed by atoms with Crippen molar-refractivity contribution in [1.82, 2.24) is 14.8 Å². The van der Waals surface area contributed by atoms with Crippen LogP contribution in [-0.2, 0) is 17.8 Å². The fraction of sp³-hybridized carbons (Fsp3) is 0.692. The normalized spacial score (nSPS) is 21.9. The Morgan fingerprint density at radius 2 is 2.41 bits per heavy atom. The molecule has 1 atom stereocenters. The molecule has 4 heteroatoms. The molecule has 1 aromatic heterocycles. The van der Waals surface area contributed by atoms with Gasteiger partial charge in [-0.3, -0.25) is 0 Å². The molecule has 0 spiro atoms. The number of rotatable bonds is 5. The lowest BCUT2D eigenvalue weighted by Gasteiger charge is -2.30. The van der Waals surface area contributed by atoms with Gasteiger partial charge in [-0.1, -0.05) is 0 Å². The standard InChI is InChI=1S/C13H23N3O/c1-3-16-5-4-12(10-16)8-14-9-13-11-15(2)6-7-17-13/h4-5,10,13-14H,3,6-9,11H2,1-2H3/t13-/m0/s1. The van der Waals surface area contributed by atoms with Crippen LogP contribution >= 0.6 is 0 Å². The van der Waals surface area contributed by atoms with Crippen LogP contribution in [0.1, 0.15) is 12.5 Å². The minimum absolute atomic E-state index is 0.335. The number of ether oxygens (including phenoxy) is 1. The predicted molar refractivity (Wildman–Crippen MR) is 69.0 cm³/mol. The number of morpholine rings is 1. The minimum Gasteiger partial charge on any atom is -0.374 e. The Hall–Kier alpha value is -0.840. The van der Waals surface area contributed by atoms with Gasteiger partial charge in [-0.2, -0.15) is 0 Å². The van der Waals surface area contributed by atoms with Gasteiger partial charge in [0.15, 0.2) is 0 Å². The van der Waals surface area contributed by atoms with Crippen molar-refractivity contribution in [2.24, 2.45) is 0 Å². The maximum Gasteiger partial charge on any atom is 0.0826 e. The van der Waals surface area contributed by atoms with Crippen molar-refractivity contribution >= 4 is 0 Å². The summed E-state index contributed by atoms with van der Waals surface area (Å²) in [6, 6.07) is 2.17. The van der Waals surface area contributed by atoms with Crippen LogP contribution in [0, 0.1) is 0 Å². The van der Waals surface area contributed by atoms with Gasteiger partial charge in [0, 0.05) is 45.1 Å². The van der Waals surface area contributed by atoms with E-state index in [1.807, 2.05) is 0 Å². The first-order valence-corrected chi connectivity index (χ1v) is 6.43. The lowest BCUT2D eigenvalue weighted by atomic mass is 10.2. The molecule has 96 valence electrons. The Kier molecular flexibility index (Phi) is 4.59. The highest BCUT2D eigenvalue weighted by molar-refractivity contribution is 5.09. The first-order chi connectivity index (χ1) is 8.28. The molecule has 0 aromatic carbocycles. The molecule has 0 amide bonds. The summed E-state index contributed by atoms with van der Waals surface area (Å²) in [5.41, 5.74) is 1.34. The molecular formula is C13H23N3O. The van der Waals surface area contributed by atoms with E-state index in [0.717, 1.165) is 39.3 Å².